The van der Waals surface area contributed by atoms with Crippen molar-refractivity contribution < 1.29 is 14.6 Å². The third kappa shape index (κ3) is 2.29. The fourth-order valence-corrected chi connectivity index (χ4v) is 2.17. The number of carbonyl (C=O) groups is 1. The van der Waals surface area contributed by atoms with E-state index in [1.165, 1.54) is 7.05 Å². The third-order valence-corrected chi connectivity index (χ3v) is 3.25. The van der Waals surface area contributed by atoms with E-state index >= 15 is 0 Å². The second-order valence-corrected chi connectivity index (χ2v) is 4.62. The maximum atomic E-state index is 12.2. The van der Waals surface area contributed by atoms with Gasteiger partial charge >= 0.3 is 6.03 Å². The van der Waals surface area contributed by atoms with Crippen LogP contribution in [0.1, 0.15) is 11.1 Å². The number of benzene rings is 2. The third-order valence-electron chi connectivity index (χ3n) is 3.25. The second-order valence-electron chi connectivity index (χ2n) is 4.62. The van der Waals surface area contributed by atoms with Gasteiger partial charge in [-0.25, -0.2) is 0 Å². The highest BCUT2D eigenvalue weighted by Crippen LogP contribution is 2.14. The Kier molecular flexibility index (Phi) is 3.23. The van der Waals surface area contributed by atoms with Crippen LogP contribution in [0.5, 0.6) is 0 Å². The Morgan fingerprint density at radius 2 is 1.48 bits per heavy atom. The van der Waals surface area contributed by atoms with E-state index < -0.39 is 12.1 Å². The van der Waals surface area contributed by atoms with E-state index in [2.05, 4.69) is 5.10 Å². The van der Waals surface area contributed by atoms with Crippen LogP contribution in [-0.4, -0.2) is 34.4 Å². The molecule has 0 aromatic heterocycles. The van der Waals surface area contributed by atoms with Gasteiger partial charge < -0.3 is 5.11 Å². The summed E-state index contributed by atoms with van der Waals surface area (Å²) in [5.74, 6) is 0. The minimum Gasteiger partial charge on any atom is -0.825 e. The molecule has 0 aliphatic carbocycles. The van der Waals surface area contributed by atoms with Crippen molar-refractivity contribution >= 4 is 17.8 Å². The number of hydrazone groups is 1. The van der Waals surface area contributed by atoms with Crippen molar-refractivity contribution in [2.75, 3.05) is 7.05 Å². The topological polar surface area (TPSA) is 58.7 Å². The minimum atomic E-state index is -0.565. The Morgan fingerprint density at radius 3 is 1.86 bits per heavy atom. The molecule has 21 heavy (non-hydrogen) atoms. The lowest BCUT2D eigenvalue weighted by molar-refractivity contribution is -0.430. The minimum absolute atomic E-state index is 0.456. The molecule has 0 atom stereocenters. The molecule has 0 fully saturated rings. The average Bonchev–Trinajstić information content (AvgIpc) is 2.78. The van der Waals surface area contributed by atoms with Gasteiger partial charge in [-0.15, -0.1) is 0 Å². The summed E-state index contributed by atoms with van der Waals surface area (Å²) in [7, 11) is 1.42. The van der Waals surface area contributed by atoms with Crippen molar-refractivity contribution in [3.63, 3.8) is 0 Å². The van der Waals surface area contributed by atoms with E-state index in [-0.39, 0.29) is 0 Å². The number of hydrogen-bond acceptors (Lipinski definition) is 3. The number of rotatable bonds is 2. The Bertz CT molecular complexity index is 695. The van der Waals surface area contributed by atoms with E-state index in [0.717, 1.165) is 20.7 Å². The summed E-state index contributed by atoms with van der Waals surface area (Å²) in [5, 5.41) is 15.5. The Balaban J connectivity index is 2.26. The summed E-state index contributed by atoms with van der Waals surface area (Å²) in [4.78, 5) is 13.2. The Hall–Kier alpha value is -2.95. The number of amides is 2. The molecule has 0 unspecified atom stereocenters. The van der Waals surface area contributed by atoms with Gasteiger partial charge in [0.05, 0.1) is 7.05 Å². The van der Waals surface area contributed by atoms with E-state index in [0.29, 0.717) is 5.71 Å². The van der Waals surface area contributed by atoms with E-state index in [9.17, 15) is 9.90 Å². The SMILES string of the molecule is CN1C(=O)[N+](=C(c2ccccc2)c2ccccc2)N=C1[O-]. The Morgan fingerprint density at radius 1 is 1.00 bits per heavy atom. The maximum absolute atomic E-state index is 12.2. The normalized spacial score (nSPS) is 14.3. The molecule has 1 heterocycles. The number of amidine groups is 1. The second kappa shape index (κ2) is 5.20. The highest BCUT2D eigenvalue weighted by molar-refractivity contribution is 6.12. The van der Waals surface area contributed by atoms with Crippen LogP contribution in [0.4, 0.5) is 4.79 Å². The molecule has 1 aliphatic heterocycles. The van der Waals surface area contributed by atoms with Crippen molar-refractivity contribution in [2.45, 2.75) is 0 Å². The number of nitrogens with zero attached hydrogens (tertiary/aromatic N) is 3. The molecule has 0 spiro atoms. The van der Waals surface area contributed by atoms with E-state index in [1.807, 2.05) is 60.7 Å². The van der Waals surface area contributed by atoms with Crippen LogP contribution in [0, 0.1) is 0 Å². The number of urea groups is 1. The zero-order chi connectivity index (χ0) is 14.8. The van der Waals surface area contributed by atoms with Crippen LogP contribution in [0.2, 0.25) is 0 Å². The van der Waals surface area contributed by atoms with E-state index in [4.69, 9.17) is 0 Å². The monoisotopic (exact) mass is 279 g/mol. The van der Waals surface area contributed by atoms with Gasteiger partial charge in [0.15, 0.2) is 5.71 Å². The summed E-state index contributed by atoms with van der Waals surface area (Å²) in [6.07, 6.45) is 0. The molecule has 104 valence electrons. The smallest absolute Gasteiger partial charge is 0.524 e. The molecule has 2 aromatic carbocycles. The lowest BCUT2D eigenvalue weighted by atomic mass is 10.0. The van der Waals surface area contributed by atoms with Gasteiger partial charge in [-0.05, 0) is 5.10 Å². The molecule has 0 saturated heterocycles. The van der Waals surface area contributed by atoms with Gasteiger partial charge in [-0.1, -0.05) is 65.3 Å². The molecule has 3 rings (SSSR count). The standard InChI is InChI=1S/C16H13N3O2/c1-18-15(20)17-19(16(18)21)14(12-8-4-2-5-9-12)13-10-6-3-7-11-13/h2-11H,1H3. The number of hydrogen-bond donors (Lipinski definition) is 0. The highest BCUT2D eigenvalue weighted by atomic mass is 16.3. The van der Waals surface area contributed by atoms with Crippen molar-refractivity contribution in [1.82, 2.24) is 4.90 Å². The molecule has 0 bridgehead atoms. The predicted molar refractivity (Wildman–Crippen MR) is 76.9 cm³/mol. The molecule has 5 heteroatoms. The van der Waals surface area contributed by atoms with Gasteiger partial charge in [0.2, 0.25) is 6.02 Å². The molecule has 0 N–H and O–H groups in total. The van der Waals surface area contributed by atoms with Crippen molar-refractivity contribution in [3.05, 3.63) is 71.8 Å². The molecule has 0 saturated carbocycles. The number of carbonyl (C=O) groups excluding carboxylic acids is 1. The molecular formula is C16H13N3O2. The zero-order valence-corrected chi connectivity index (χ0v) is 11.4. The predicted octanol–water partition coefficient (Wildman–Crippen LogP) is 1.23. The van der Waals surface area contributed by atoms with Gasteiger partial charge in [-0.3, -0.25) is 0 Å². The quantitative estimate of drug-likeness (QED) is 0.776. The largest absolute Gasteiger partial charge is 0.825 e. The summed E-state index contributed by atoms with van der Waals surface area (Å²) in [6, 6.07) is 17.8. The van der Waals surface area contributed by atoms with Gasteiger partial charge in [-0.2, -0.15) is 9.69 Å². The van der Waals surface area contributed by atoms with Gasteiger partial charge in [0.1, 0.15) is 0 Å². The summed E-state index contributed by atoms with van der Waals surface area (Å²) < 4.78 is 1.16. The summed E-state index contributed by atoms with van der Waals surface area (Å²) in [5.41, 5.74) is 2.24. The molecule has 2 aromatic rings. The summed E-state index contributed by atoms with van der Waals surface area (Å²) >= 11 is 0. The highest BCUT2D eigenvalue weighted by Gasteiger charge is 2.35. The zero-order valence-electron chi connectivity index (χ0n) is 11.4. The molecule has 0 radical (unpaired) electrons. The van der Waals surface area contributed by atoms with Crippen LogP contribution in [-0.2, 0) is 0 Å². The van der Waals surface area contributed by atoms with Crippen LogP contribution < -0.4 is 5.11 Å². The van der Waals surface area contributed by atoms with Gasteiger partial charge in [0.25, 0.3) is 0 Å². The molecule has 5 nitrogen and oxygen atoms in total. The van der Waals surface area contributed by atoms with Crippen LogP contribution in [0.15, 0.2) is 65.8 Å². The summed E-state index contributed by atoms with van der Waals surface area (Å²) in [6.45, 7) is 0. The molecule has 1 aliphatic rings. The van der Waals surface area contributed by atoms with Crippen molar-refractivity contribution in [3.8, 4) is 0 Å². The van der Waals surface area contributed by atoms with E-state index in [1.54, 1.807) is 0 Å². The van der Waals surface area contributed by atoms with Crippen molar-refractivity contribution in [2.24, 2.45) is 5.10 Å². The lowest BCUT2D eigenvalue weighted by Crippen LogP contribution is -2.37. The maximum Gasteiger partial charge on any atom is 0.524 e. The van der Waals surface area contributed by atoms with Crippen molar-refractivity contribution in [1.29, 1.82) is 0 Å². The molecular weight excluding hydrogens is 266 g/mol. The molecule has 2 amide bonds. The lowest BCUT2D eigenvalue weighted by Gasteiger charge is -2.06. The van der Waals surface area contributed by atoms with Crippen LogP contribution >= 0.6 is 0 Å². The fraction of sp³-hybridized carbons (Fsp3) is 0.0625. The van der Waals surface area contributed by atoms with Gasteiger partial charge in [0, 0.05) is 11.1 Å². The Labute approximate surface area is 122 Å². The fourth-order valence-electron chi connectivity index (χ4n) is 2.17. The first kappa shape index (κ1) is 13.1. The first-order chi connectivity index (χ1) is 10.2. The first-order valence-corrected chi connectivity index (χ1v) is 6.49. The van der Waals surface area contributed by atoms with Crippen LogP contribution in [0.3, 0.4) is 0 Å². The first-order valence-electron chi connectivity index (χ1n) is 6.49. The average molecular weight is 279 g/mol. The van der Waals surface area contributed by atoms with Crippen LogP contribution in [0.25, 0.3) is 0 Å².